The van der Waals surface area contributed by atoms with E-state index in [1.807, 2.05) is 18.2 Å². The Morgan fingerprint density at radius 1 is 1.45 bits per heavy atom. The molecule has 1 heterocycles. The third kappa shape index (κ3) is 3.41. The van der Waals surface area contributed by atoms with Crippen molar-refractivity contribution >= 4 is 10.2 Å². The van der Waals surface area contributed by atoms with E-state index in [-0.39, 0.29) is 5.92 Å². The van der Waals surface area contributed by atoms with Crippen LogP contribution in [0.1, 0.15) is 5.56 Å². The van der Waals surface area contributed by atoms with Crippen LogP contribution in [0.5, 0.6) is 11.5 Å². The van der Waals surface area contributed by atoms with Gasteiger partial charge in [0.15, 0.2) is 0 Å². The van der Waals surface area contributed by atoms with Crippen LogP contribution in [0.15, 0.2) is 18.2 Å². The minimum absolute atomic E-state index is 0.130. The fourth-order valence-electron chi connectivity index (χ4n) is 2.03. The Kier molecular flexibility index (Phi) is 4.52. The van der Waals surface area contributed by atoms with E-state index in [0.29, 0.717) is 13.2 Å². The summed E-state index contributed by atoms with van der Waals surface area (Å²) >= 11 is 0. The number of nitrogens with zero attached hydrogens (tertiary/aromatic N) is 1. The number of rotatable bonds is 5. The molecular formula is C13H20N2O4S. The van der Waals surface area contributed by atoms with Crippen molar-refractivity contribution in [2.45, 2.75) is 6.42 Å². The van der Waals surface area contributed by atoms with Crippen molar-refractivity contribution in [3.8, 4) is 11.5 Å². The summed E-state index contributed by atoms with van der Waals surface area (Å²) < 4.78 is 37.9. The first-order valence-corrected chi connectivity index (χ1v) is 7.83. The van der Waals surface area contributed by atoms with Gasteiger partial charge in [0.2, 0.25) is 0 Å². The van der Waals surface area contributed by atoms with Gasteiger partial charge >= 0.3 is 0 Å². The molecule has 112 valence electrons. The average Bonchev–Trinajstić information content (AvgIpc) is 2.44. The number of hydrogen-bond donors (Lipinski definition) is 1. The monoisotopic (exact) mass is 300 g/mol. The van der Waals surface area contributed by atoms with E-state index in [4.69, 9.17) is 9.47 Å². The van der Waals surface area contributed by atoms with Crippen molar-refractivity contribution in [2.75, 3.05) is 34.4 Å². The fraction of sp³-hybridized carbons (Fsp3) is 0.538. The zero-order valence-corrected chi connectivity index (χ0v) is 12.7. The van der Waals surface area contributed by atoms with Crippen LogP contribution in [-0.4, -0.2) is 47.1 Å². The summed E-state index contributed by atoms with van der Waals surface area (Å²) in [7, 11) is 1.24. The minimum Gasteiger partial charge on any atom is -0.497 e. The predicted molar refractivity (Wildman–Crippen MR) is 76.3 cm³/mol. The van der Waals surface area contributed by atoms with Crippen LogP contribution in [0.4, 0.5) is 0 Å². The molecule has 1 N–H and O–H groups in total. The van der Waals surface area contributed by atoms with Gasteiger partial charge in [0, 0.05) is 32.6 Å². The van der Waals surface area contributed by atoms with Crippen molar-refractivity contribution in [1.29, 1.82) is 0 Å². The maximum Gasteiger partial charge on any atom is 0.278 e. The zero-order chi connectivity index (χ0) is 14.8. The number of benzene rings is 1. The smallest absolute Gasteiger partial charge is 0.278 e. The Balaban J connectivity index is 1.98. The summed E-state index contributed by atoms with van der Waals surface area (Å²) in [6.07, 6.45) is 0.787. The van der Waals surface area contributed by atoms with E-state index < -0.39 is 10.2 Å². The van der Waals surface area contributed by atoms with Crippen LogP contribution in [-0.2, 0) is 16.6 Å². The van der Waals surface area contributed by atoms with Crippen molar-refractivity contribution in [2.24, 2.45) is 5.92 Å². The maximum atomic E-state index is 11.7. The lowest BCUT2D eigenvalue weighted by Gasteiger charge is -2.26. The average molecular weight is 300 g/mol. The van der Waals surface area contributed by atoms with Gasteiger partial charge < -0.3 is 9.47 Å². The molecule has 0 aromatic heterocycles. The van der Waals surface area contributed by atoms with E-state index in [1.54, 1.807) is 7.11 Å². The van der Waals surface area contributed by atoms with Crippen LogP contribution < -0.4 is 14.2 Å². The van der Waals surface area contributed by atoms with Crippen LogP contribution in [0, 0.1) is 5.92 Å². The second-order valence-electron chi connectivity index (χ2n) is 4.99. The molecule has 0 saturated carbocycles. The Hall–Kier alpha value is -1.31. The summed E-state index contributed by atoms with van der Waals surface area (Å²) in [5.74, 6) is 1.71. The molecule has 0 saturated heterocycles. The molecule has 0 fully saturated rings. The molecule has 0 aliphatic carbocycles. The van der Waals surface area contributed by atoms with Crippen molar-refractivity contribution < 1.29 is 17.9 Å². The number of hydrogen-bond acceptors (Lipinski definition) is 4. The quantitative estimate of drug-likeness (QED) is 0.866. The molecule has 2 rings (SSSR count). The summed E-state index contributed by atoms with van der Waals surface area (Å²) in [6, 6.07) is 5.70. The Labute approximate surface area is 119 Å². The van der Waals surface area contributed by atoms with Gasteiger partial charge in [-0.25, -0.2) is 4.72 Å². The first kappa shape index (κ1) is 15.1. The van der Waals surface area contributed by atoms with Crippen molar-refractivity contribution in [3.05, 3.63) is 23.8 Å². The topological polar surface area (TPSA) is 67.9 Å². The highest BCUT2D eigenvalue weighted by atomic mass is 32.2. The standard InChI is InChI=1S/C13H20N2O4S/c1-15(2)20(16,17)14-8-10-6-11-4-5-12(18-3)7-13(11)19-9-10/h4-5,7,10,14H,6,8-9H2,1-3H3/t10-/m1/s1. The maximum absolute atomic E-state index is 11.7. The fourth-order valence-corrected chi connectivity index (χ4v) is 2.73. The molecule has 1 aromatic rings. The molecule has 0 spiro atoms. The second kappa shape index (κ2) is 5.99. The molecule has 20 heavy (non-hydrogen) atoms. The van der Waals surface area contributed by atoms with E-state index in [0.717, 1.165) is 27.8 Å². The van der Waals surface area contributed by atoms with Crippen molar-refractivity contribution in [3.63, 3.8) is 0 Å². The van der Waals surface area contributed by atoms with Gasteiger partial charge in [-0.15, -0.1) is 0 Å². The highest BCUT2D eigenvalue weighted by Gasteiger charge is 2.22. The molecule has 0 amide bonds. The Morgan fingerprint density at radius 3 is 2.85 bits per heavy atom. The number of ether oxygens (including phenoxy) is 2. The van der Waals surface area contributed by atoms with Gasteiger partial charge in [-0.1, -0.05) is 6.07 Å². The highest BCUT2D eigenvalue weighted by molar-refractivity contribution is 7.87. The number of fused-ring (bicyclic) bond motifs is 1. The van der Waals surface area contributed by atoms with Crippen LogP contribution >= 0.6 is 0 Å². The van der Waals surface area contributed by atoms with Gasteiger partial charge in [-0.3, -0.25) is 0 Å². The minimum atomic E-state index is -3.38. The SMILES string of the molecule is COc1ccc2c(c1)OC[C@@H](CNS(=O)(=O)N(C)C)C2. The molecule has 0 radical (unpaired) electrons. The van der Waals surface area contributed by atoms with Gasteiger partial charge in [-0.2, -0.15) is 12.7 Å². The van der Waals surface area contributed by atoms with E-state index in [9.17, 15) is 8.42 Å². The number of methoxy groups -OCH3 is 1. The molecule has 1 atom stereocenters. The molecule has 0 unspecified atom stereocenters. The molecular weight excluding hydrogens is 280 g/mol. The van der Waals surface area contributed by atoms with E-state index in [1.165, 1.54) is 14.1 Å². The summed E-state index contributed by atoms with van der Waals surface area (Å²) in [6.45, 7) is 0.863. The summed E-state index contributed by atoms with van der Waals surface area (Å²) in [4.78, 5) is 0. The van der Waals surface area contributed by atoms with Crippen LogP contribution in [0.3, 0.4) is 0 Å². The third-order valence-electron chi connectivity index (χ3n) is 3.29. The lowest BCUT2D eigenvalue weighted by Crippen LogP contribution is -2.40. The van der Waals surface area contributed by atoms with Crippen LogP contribution in [0.2, 0.25) is 0 Å². The predicted octanol–water partition coefficient (Wildman–Crippen LogP) is 0.642. The molecule has 1 aromatic carbocycles. The molecule has 1 aliphatic rings. The summed E-state index contributed by atoms with van der Waals surface area (Å²) in [5, 5.41) is 0. The molecule has 0 bridgehead atoms. The van der Waals surface area contributed by atoms with Gasteiger partial charge in [0.25, 0.3) is 10.2 Å². The van der Waals surface area contributed by atoms with Crippen LogP contribution in [0.25, 0.3) is 0 Å². The summed E-state index contributed by atoms with van der Waals surface area (Å²) in [5.41, 5.74) is 1.08. The second-order valence-corrected chi connectivity index (χ2v) is 6.96. The molecule has 1 aliphatic heterocycles. The largest absolute Gasteiger partial charge is 0.497 e. The zero-order valence-electron chi connectivity index (χ0n) is 11.9. The Bertz CT molecular complexity index is 572. The number of nitrogens with one attached hydrogen (secondary N) is 1. The lowest BCUT2D eigenvalue weighted by molar-refractivity contribution is 0.222. The van der Waals surface area contributed by atoms with Crippen molar-refractivity contribution in [1.82, 2.24) is 9.03 Å². The van der Waals surface area contributed by atoms with Gasteiger partial charge in [0.1, 0.15) is 11.5 Å². The normalized spacial score (nSPS) is 18.5. The van der Waals surface area contributed by atoms with E-state index >= 15 is 0 Å². The Morgan fingerprint density at radius 2 is 2.20 bits per heavy atom. The first-order chi connectivity index (χ1) is 9.42. The molecule has 6 nitrogen and oxygen atoms in total. The van der Waals surface area contributed by atoms with E-state index in [2.05, 4.69) is 4.72 Å². The molecule has 7 heteroatoms. The highest BCUT2D eigenvalue weighted by Crippen LogP contribution is 2.30. The van der Waals surface area contributed by atoms with Gasteiger partial charge in [-0.05, 0) is 18.1 Å². The lowest BCUT2D eigenvalue weighted by atomic mass is 9.97. The third-order valence-corrected chi connectivity index (χ3v) is 4.79. The first-order valence-electron chi connectivity index (χ1n) is 6.39. The van der Waals surface area contributed by atoms with Gasteiger partial charge in [0.05, 0.1) is 13.7 Å².